The van der Waals surface area contributed by atoms with E-state index in [4.69, 9.17) is 0 Å². The minimum atomic E-state index is 0.493. The van der Waals surface area contributed by atoms with Gasteiger partial charge in [0.05, 0.1) is 0 Å². The van der Waals surface area contributed by atoms with Gasteiger partial charge in [-0.2, -0.15) is 11.8 Å². The Labute approximate surface area is 129 Å². The van der Waals surface area contributed by atoms with Crippen LogP contribution < -0.4 is 5.32 Å². The van der Waals surface area contributed by atoms with Gasteiger partial charge in [0, 0.05) is 11.8 Å². The Balaban J connectivity index is 2.51. The molecule has 0 spiro atoms. The third kappa shape index (κ3) is 6.32. The number of benzene rings is 1. The molecule has 0 saturated heterocycles. The second-order valence-corrected chi connectivity index (χ2v) is 6.86. The molecule has 0 aromatic heterocycles. The summed E-state index contributed by atoms with van der Waals surface area (Å²) in [4.78, 5) is 0. The summed E-state index contributed by atoms with van der Waals surface area (Å²) in [6, 6.07) is 9.66. The molecule has 114 valence electrons. The van der Waals surface area contributed by atoms with Crippen LogP contribution in [0.25, 0.3) is 0 Å². The predicted octanol–water partition coefficient (Wildman–Crippen LogP) is 5.38. The lowest BCUT2D eigenvalue weighted by atomic mass is 9.99. The van der Waals surface area contributed by atoms with Gasteiger partial charge >= 0.3 is 0 Å². The molecule has 0 heterocycles. The SMILES string of the molecule is CCCCCSCC(NCC)c1ccc(C(C)C)cc1. The highest BCUT2D eigenvalue weighted by Crippen LogP contribution is 2.22. The summed E-state index contributed by atoms with van der Waals surface area (Å²) < 4.78 is 0. The average molecular weight is 294 g/mol. The maximum atomic E-state index is 3.62. The quantitative estimate of drug-likeness (QED) is 0.581. The van der Waals surface area contributed by atoms with Gasteiger partial charge in [-0.1, -0.05) is 64.8 Å². The normalized spacial score (nSPS) is 12.8. The highest BCUT2D eigenvalue weighted by atomic mass is 32.2. The molecule has 1 aromatic carbocycles. The molecule has 0 bridgehead atoms. The van der Waals surface area contributed by atoms with E-state index in [1.165, 1.54) is 41.9 Å². The lowest BCUT2D eigenvalue weighted by Gasteiger charge is -2.19. The number of nitrogens with one attached hydrogen (secondary N) is 1. The number of rotatable bonds is 10. The molecule has 1 N–H and O–H groups in total. The van der Waals surface area contributed by atoms with E-state index < -0.39 is 0 Å². The maximum absolute atomic E-state index is 3.62. The Bertz CT molecular complexity index is 345. The first kappa shape index (κ1) is 17.6. The van der Waals surface area contributed by atoms with Crippen LogP contribution in [-0.4, -0.2) is 18.1 Å². The van der Waals surface area contributed by atoms with E-state index in [0.717, 1.165) is 6.54 Å². The van der Waals surface area contributed by atoms with Gasteiger partial charge in [0.1, 0.15) is 0 Å². The van der Waals surface area contributed by atoms with E-state index in [1.807, 2.05) is 0 Å². The zero-order chi connectivity index (χ0) is 14.8. The van der Waals surface area contributed by atoms with E-state index >= 15 is 0 Å². The van der Waals surface area contributed by atoms with Gasteiger partial charge in [-0.3, -0.25) is 0 Å². The van der Waals surface area contributed by atoms with Gasteiger partial charge in [0.15, 0.2) is 0 Å². The van der Waals surface area contributed by atoms with Crippen LogP contribution in [0.2, 0.25) is 0 Å². The lowest BCUT2D eigenvalue weighted by Crippen LogP contribution is -2.23. The van der Waals surface area contributed by atoms with Gasteiger partial charge in [-0.15, -0.1) is 0 Å². The molecule has 1 nitrogen and oxygen atoms in total. The van der Waals surface area contributed by atoms with E-state index in [0.29, 0.717) is 12.0 Å². The Hall–Kier alpha value is -0.470. The van der Waals surface area contributed by atoms with Crippen LogP contribution >= 0.6 is 11.8 Å². The largest absolute Gasteiger partial charge is 0.310 e. The molecule has 1 unspecified atom stereocenters. The fourth-order valence-corrected chi connectivity index (χ4v) is 3.41. The lowest BCUT2D eigenvalue weighted by molar-refractivity contribution is 0.605. The van der Waals surface area contributed by atoms with Crippen molar-refractivity contribution in [3.8, 4) is 0 Å². The number of unbranched alkanes of at least 4 members (excludes halogenated alkanes) is 2. The number of thioether (sulfide) groups is 1. The van der Waals surface area contributed by atoms with Crippen molar-refractivity contribution in [2.45, 2.75) is 58.9 Å². The van der Waals surface area contributed by atoms with E-state index in [1.54, 1.807) is 0 Å². The fourth-order valence-electron chi connectivity index (χ4n) is 2.29. The molecule has 0 fully saturated rings. The van der Waals surface area contributed by atoms with Crippen molar-refractivity contribution in [1.29, 1.82) is 0 Å². The predicted molar refractivity (Wildman–Crippen MR) is 93.8 cm³/mol. The van der Waals surface area contributed by atoms with Crippen molar-refractivity contribution in [2.24, 2.45) is 0 Å². The topological polar surface area (TPSA) is 12.0 Å². The molecule has 0 aliphatic heterocycles. The second-order valence-electron chi connectivity index (χ2n) is 5.71. The molecular weight excluding hydrogens is 262 g/mol. The average Bonchev–Trinajstić information content (AvgIpc) is 2.46. The van der Waals surface area contributed by atoms with Crippen molar-refractivity contribution in [3.05, 3.63) is 35.4 Å². The monoisotopic (exact) mass is 293 g/mol. The van der Waals surface area contributed by atoms with Gasteiger partial charge in [-0.25, -0.2) is 0 Å². The number of hydrogen-bond donors (Lipinski definition) is 1. The fraction of sp³-hybridized carbons (Fsp3) is 0.667. The summed E-state index contributed by atoms with van der Waals surface area (Å²) in [7, 11) is 0. The Morgan fingerprint density at radius 3 is 2.20 bits per heavy atom. The molecule has 1 rings (SSSR count). The Morgan fingerprint density at radius 1 is 1.00 bits per heavy atom. The van der Waals surface area contributed by atoms with Crippen molar-refractivity contribution >= 4 is 11.8 Å². The first-order valence-corrected chi connectivity index (χ1v) is 9.25. The van der Waals surface area contributed by atoms with Crippen LogP contribution in [0, 0.1) is 0 Å². The molecule has 1 atom stereocenters. The molecule has 0 radical (unpaired) electrons. The zero-order valence-electron chi connectivity index (χ0n) is 13.6. The molecule has 20 heavy (non-hydrogen) atoms. The number of hydrogen-bond acceptors (Lipinski definition) is 2. The van der Waals surface area contributed by atoms with Crippen LogP contribution in [0.15, 0.2) is 24.3 Å². The third-order valence-corrected chi connectivity index (χ3v) is 4.78. The maximum Gasteiger partial charge on any atom is 0.0411 e. The molecule has 1 aromatic rings. The van der Waals surface area contributed by atoms with Gasteiger partial charge in [0.25, 0.3) is 0 Å². The van der Waals surface area contributed by atoms with Crippen molar-refractivity contribution < 1.29 is 0 Å². The molecule has 2 heteroatoms. The highest BCUT2D eigenvalue weighted by Gasteiger charge is 2.10. The standard InChI is InChI=1S/C18H31NS/c1-5-7-8-13-20-14-18(19-6-2)17-11-9-16(10-12-17)15(3)4/h9-12,15,18-19H,5-8,13-14H2,1-4H3. The molecule has 0 aliphatic rings. The summed E-state index contributed by atoms with van der Waals surface area (Å²) >= 11 is 2.08. The molecule has 0 amide bonds. The van der Waals surface area contributed by atoms with Crippen LogP contribution in [0.4, 0.5) is 0 Å². The second kappa shape index (κ2) is 10.3. The summed E-state index contributed by atoms with van der Waals surface area (Å²) in [5.41, 5.74) is 2.86. The third-order valence-electron chi connectivity index (χ3n) is 3.63. The van der Waals surface area contributed by atoms with Gasteiger partial charge in [-0.05, 0) is 35.8 Å². The first-order chi connectivity index (χ1) is 9.69. The first-order valence-electron chi connectivity index (χ1n) is 8.10. The van der Waals surface area contributed by atoms with Crippen LogP contribution in [0.3, 0.4) is 0 Å². The molecular formula is C18H31NS. The van der Waals surface area contributed by atoms with Crippen molar-refractivity contribution in [1.82, 2.24) is 5.32 Å². The van der Waals surface area contributed by atoms with E-state index in [2.05, 4.69) is 69.0 Å². The summed E-state index contributed by atoms with van der Waals surface area (Å²) in [6.45, 7) is 9.99. The summed E-state index contributed by atoms with van der Waals surface area (Å²) in [6.07, 6.45) is 4.03. The molecule has 0 aliphatic carbocycles. The summed E-state index contributed by atoms with van der Waals surface area (Å²) in [5.74, 6) is 3.09. The van der Waals surface area contributed by atoms with E-state index in [-0.39, 0.29) is 0 Å². The Morgan fingerprint density at radius 2 is 1.65 bits per heavy atom. The van der Waals surface area contributed by atoms with E-state index in [9.17, 15) is 0 Å². The van der Waals surface area contributed by atoms with Crippen LogP contribution in [0.5, 0.6) is 0 Å². The zero-order valence-corrected chi connectivity index (χ0v) is 14.4. The van der Waals surface area contributed by atoms with Gasteiger partial charge in [0.2, 0.25) is 0 Å². The minimum absolute atomic E-state index is 0.493. The van der Waals surface area contributed by atoms with Crippen LogP contribution in [-0.2, 0) is 0 Å². The summed E-state index contributed by atoms with van der Waals surface area (Å²) in [5, 5.41) is 3.62. The minimum Gasteiger partial charge on any atom is -0.310 e. The van der Waals surface area contributed by atoms with Crippen LogP contribution in [0.1, 0.15) is 70.0 Å². The van der Waals surface area contributed by atoms with Gasteiger partial charge < -0.3 is 5.32 Å². The van der Waals surface area contributed by atoms with Crippen molar-refractivity contribution in [2.75, 3.05) is 18.1 Å². The molecule has 0 saturated carbocycles. The smallest absolute Gasteiger partial charge is 0.0411 e. The van der Waals surface area contributed by atoms with Crippen molar-refractivity contribution in [3.63, 3.8) is 0 Å². The highest BCUT2D eigenvalue weighted by molar-refractivity contribution is 7.99. The Kier molecular flexibility index (Phi) is 9.04.